The molecular weight excluding hydrogens is 234 g/mol. The lowest BCUT2D eigenvalue weighted by atomic mass is 10.3. The van der Waals surface area contributed by atoms with Gasteiger partial charge in [0.05, 0.1) is 17.6 Å². The maximum atomic E-state index is 8.95. The Morgan fingerprint density at radius 1 is 1.50 bits per heavy atom. The molecule has 0 aromatic carbocycles. The predicted molar refractivity (Wildman–Crippen MR) is 65.2 cm³/mol. The lowest BCUT2D eigenvalue weighted by Gasteiger charge is -2.25. The van der Waals surface area contributed by atoms with E-state index in [4.69, 9.17) is 5.11 Å². The van der Waals surface area contributed by atoms with Crippen LogP contribution in [-0.4, -0.2) is 26.8 Å². The van der Waals surface area contributed by atoms with E-state index in [-0.39, 0.29) is 6.61 Å². The maximum Gasteiger partial charge on any atom is 0.107 e. The first-order valence-electron chi connectivity index (χ1n) is 4.59. The second-order valence-corrected chi connectivity index (χ2v) is 6.83. The Morgan fingerprint density at radius 3 is 2.93 bits per heavy atom. The van der Waals surface area contributed by atoms with E-state index in [2.05, 4.69) is 11.9 Å². The smallest absolute Gasteiger partial charge is 0.107 e. The van der Waals surface area contributed by atoms with Crippen LogP contribution in [0.25, 0.3) is 0 Å². The molecule has 1 aliphatic rings. The highest BCUT2D eigenvalue weighted by atomic mass is 32.2. The first kappa shape index (κ1) is 10.8. The molecule has 0 saturated carbocycles. The number of aliphatic hydroxyl groups excluding tert-OH is 1. The summed E-state index contributed by atoms with van der Waals surface area (Å²) in [5, 5.41) is 13.3. The number of thiazole rings is 1. The van der Waals surface area contributed by atoms with Gasteiger partial charge in [0, 0.05) is 22.1 Å². The minimum absolute atomic E-state index is 0.0649. The summed E-state index contributed by atoms with van der Waals surface area (Å²) in [6.45, 7) is 2.33. The van der Waals surface area contributed by atoms with E-state index in [1.165, 1.54) is 16.5 Å². The summed E-state index contributed by atoms with van der Waals surface area (Å²) in [5.41, 5.74) is 0.813. The summed E-state index contributed by atoms with van der Waals surface area (Å²) in [7, 11) is 0. The molecule has 2 heterocycles. The van der Waals surface area contributed by atoms with Gasteiger partial charge in [0.1, 0.15) is 5.01 Å². The molecule has 1 saturated heterocycles. The minimum Gasteiger partial charge on any atom is -0.390 e. The SMILES string of the molecule is CC1SCCSC1c1nc(CO)cs1. The van der Waals surface area contributed by atoms with Crippen LogP contribution in [0.5, 0.6) is 0 Å². The van der Waals surface area contributed by atoms with Gasteiger partial charge in [-0.1, -0.05) is 6.92 Å². The highest BCUT2D eigenvalue weighted by Gasteiger charge is 2.26. The maximum absolute atomic E-state index is 8.95. The molecule has 1 aromatic heterocycles. The second kappa shape index (κ2) is 4.88. The van der Waals surface area contributed by atoms with E-state index in [1.807, 2.05) is 28.9 Å². The fraction of sp³-hybridized carbons (Fsp3) is 0.667. The van der Waals surface area contributed by atoms with Crippen molar-refractivity contribution < 1.29 is 5.11 Å². The van der Waals surface area contributed by atoms with Gasteiger partial charge < -0.3 is 5.11 Å². The predicted octanol–water partition coefficient (Wildman–Crippen LogP) is 2.55. The van der Waals surface area contributed by atoms with Gasteiger partial charge in [-0.05, 0) is 0 Å². The van der Waals surface area contributed by atoms with Crippen molar-refractivity contribution in [2.75, 3.05) is 11.5 Å². The topological polar surface area (TPSA) is 33.1 Å². The molecule has 14 heavy (non-hydrogen) atoms. The summed E-state index contributed by atoms with van der Waals surface area (Å²) in [6, 6.07) is 0. The third kappa shape index (κ3) is 2.27. The monoisotopic (exact) mass is 247 g/mol. The van der Waals surface area contributed by atoms with Crippen LogP contribution >= 0.6 is 34.9 Å². The standard InChI is InChI=1S/C9H13NOS3/c1-6-8(13-3-2-12-6)9-10-7(4-11)5-14-9/h5-6,8,11H,2-4H2,1H3. The average Bonchev–Trinajstić information content (AvgIpc) is 2.67. The van der Waals surface area contributed by atoms with Gasteiger partial charge in [-0.15, -0.1) is 23.1 Å². The van der Waals surface area contributed by atoms with Crippen LogP contribution in [0.1, 0.15) is 22.9 Å². The molecule has 2 nitrogen and oxygen atoms in total. The van der Waals surface area contributed by atoms with E-state index in [0.717, 1.165) is 5.69 Å². The largest absolute Gasteiger partial charge is 0.390 e. The summed E-state index contributed by atoms with van der Waals surface area (Å²) in [4.78, 5) is 4.44. The lowest BCUT2D eigenvalue weighted by molar-refractivity contribution is 0.277. The van der Waals surface area contributed by atoms with Gasteiger partial charge in [-0.3, -0.25) is 0 Å². The van der Waals surface area contributed by atoms with E-state index in [1.54, 1.807) is 11.3 Å². The average molecular weight is 247 g/mol. The second-order valence-electron chi connectivity index (χ2n) is 3.20. The van der Waals surface area contributed by atoms with Gasteiger partial charge in [-0.2, -0.15) is 11.8 Å². The van der Waals surface area contributed by atoms with E-state index < -0.39 is 0 Å². The number of thioether (sulfide) groups is 2. The third-order valence-electron chi connectivity index (χ3n) is 2.16. The fourth-order valence-corrected chi connectivity index (χ4v) is 5.42. The molecule has 2 rings (SSSR count). The van der Waals surface area contributed by atoms with Crippen molar-refractivity contribution in [1.29, 1.82) is 0 Å². The van der Waals surface area contributed by atoms with E-state index >= 15 is 0 Å². The summed E-state index contributed by atoms with van der Waals surface area (Å²) in [6.07, 6.45) is 0. The van der Waals surface area contributed by atoms with E-state index in [0.29, 0.717) is 10.5 Å². The lowest BCUT2D eigenvalue weighted by Crippen LogP contribution is -2.15. The number of aliphatic hydroxyl groups is 1. The molecule has 2 atom stereocenters. The first-order chi connectivity index (χ1) is 6.81. The van der Waals surface area contributed by atoms with Crippen molar-refractivity contribution in [3.05, 3.63) is 16.1 Å². The molecule has 1 fully saturated rings. The highest BCUT2D eigenvalue weighted by molar-refractivity contribution is 8.06. The van der Waals surface area contributed by atoms with Crippen LogP contribution in [0.2, 0.25) is 0 Å². The quantitative estimate of drug-likeness (QED) is 0.870. The number of hydrogen-bond acceptors (Lipinski definition) is 5. The van der Waals surface area contributed by atoms with Crippen LogP contribution in [0, 0.1) is 0 Å². The highest BCUT2D eigenvalue weighted by Crippen LogP contribution is 2.43. The van der Waals surface area contributed by atoms with E-state index in [9.17, 15) is 0 Å². The van der Waals surface area contributed by atoms with Crippen molar-refractivity contribution in [2.24, 2.45) is 0 Å². The number of nitrogens with zero attached hydrogens (tertiary/aromatic N) is 1. The summed E-state index contributed by atoms with van der Waals surface area (Å²) in [5.74, 6) is 2.47. The zero-order valence-corrected chi connectivity index (χ0v) is 10.4. The molecule has 1 aromatic rings. The molecule has 0 aliphatic carbocycles. The van der Waals surface area contributed by atoms with Gasteiger partial charge in [0.2, 0.25) is 0 Å². The van der Waals surface area contributed by atoms with Gasteiger partial charge in [-0.25, -0.2) is 4.98 Å². The van der Waals surface area contributed by atoms with Crippen LogP contribution in [0.15, 0.2) is 5.38 Å². The Bertz CT molecular complexity index is 302. The molecule has 78 valence electrons. The Morgan fingerprint density at radius 2 is 2.29 bits per heavy atom. The van der Waals surface area contributed by atoms with Crippen molar-refractivity contribution in [3.63, 3.8) is 0 Å². The number of hydrogen-bond donors (Lipinski definition) is 1. The molecule has 0 bridgehead atoms. The van der Waals surface area contributed by atoms with Crippen LogP contribution in [-0.2, 0) is 6.61 Å². The fourth-order valence-electron chi connectivity index (χ4n) is 1.43. The first-order valence-corrected chi connectivity index (χ1v) is 7.57. The summed E-state index contributed by atoms with van der Waals surface area (Å²) < 4.78 is 0. The van der Waals surface area contributed by atoms with Crippen LogP contribution in [0.3, 0.4) is 0 Å². The molecule has 0 spiro atoms. The summed E-state index contributed by atoms with van der Waals surface area (Å²) >= 11 is 5.69. The van der Waals surface area contributed by atoms with Gasteiger partial charge in [0.15, 0.2) is 0 Å². The minimum atomic E-state index is 0.0649. The number of aromatic nitrogens is 1. The van der Waals surface area contributed by atoms with Gasteiger partial charge >= 0.3 is 0 Å². The van der Waals surface area contributed by atoms with Crippen molar-refractivity contribution in [3.8, 4) is 0 Å². The zero-order valence-electron chi connectivity index (χ0n) is 7.97. The third-order valence-corrected chi connectivity index (χ3v) is 6.39. The number of rotatable bonds is 2. The Labute approximate surface area is 96.5 Å². The molecule has 0 amide bonds. The zero-order chi connectivity index (χ0) is 9.97. The van der Waals surface area contributed by atoms with Gasteiger partial charge in [0.25, 0.3) is 0 Å². The molecule has 1 N–H and O–H groups in total. The Kier molecular flexibility index (Phi) is 3.76. The van der Waals surface area contributed by atoms with Crippen molar-refractivity contribution in [2.45, 2.75) is 24.0 Å². The van der Waals surface area contributed by atoms with Crippen molar-refractivity contribution in [1.82, 2.24) is 4.98 Å². The molecule has 1 aliphatic heterocycles. The van der Waals surface area contributed by atoms with Crippen LogP contribution in [0.4, 0.5) is 0 Å². The van der Waals surface area contributed by atoms with Crippen LogP contribution < -0.4 is 0 Å². The molecule has 0 radical (unpaired) electrons. The molecular formula is C9H13NOS3. The molecule has 5 heteroatoms. The Balaban J connectivity index is 2.12. The van der Waals surface area contributed by atoms with Crippen molar-refractivity contribution >= 4 is 34.9 Å². The normalized spacial score (nSPS) is 27.9. The molecule has 2 unspecified atom stereocenters. The Hall–Kier alpha value is 0.290.